The number of nitrogens with zero attached hydrogens (tertiary/aromatic N) is 2. The normalized spacial score (nSPS) is 10.2. The smallest absolute Gasteiger partial charge is 0.337 e. The highest BCUT2D eigenvalue weighted by molar-refractivity contribution is 5.52. The van der Waals surface area contributed by atoms with Crippen molar-refractivity contribution >= 4 is 0 Å². The first kappa shape index (κ1) is 12.4. The summed E-state index contributed by atoms with van der Waals surface area (Å²) in [6, 6.07) is 11.8. The molecule has 0 radical (unpaired) electrons. The number of rotatable bonds is 4. The van der Waals surface area contributed by atoms with Gasteiger partial charge in [0, 0.05) is 0 Å². The van der Waals surface area contributed by atoms with Crippen LogP contribution in [0, 0.1) is 0 Å². The molecule has 0 saturated carbocycles. The molecule has 0 fully saturated rings. The van der Waals surface area contributed by atoms with E-state index in [4.69, 9.17) is 9.47 Å². The fourth-order valence-corrected chi connectivity index (χ4v) is 1.87. The van der Waals surface area contributed by atoms with Crippen molar-refractivity contribution in [3.8, 4) is 23.1 Å². The number of aromatic nitrogens is 2. The molecule has 0 unspecified atom stereocenters. The van der Waals surface area contributed by atoms with E-state index in [9.17, 15) is 0 Å². The molecule has 0 aliphatic rings. The molecule has 0 amide bonds. The number of ether oxygens (including phenoxy) is 2. The van der Waals surface area contributed by atoms with E-state index >= 15 is 0 Å². The van der Waals surface area contributed by atoms with Gasteiger partial charge in [-0.15, -0.1) is 0 Å². The van der Waals surface area contributed by atoms with Gasteiger partial charge in [0.05, 0.1) is 26.3 Å². The first-order chi connectivity index (χ1) is 8.80. The van der Waals surface area contributed by atoms with Crippen molar-refractivity contribution in [1.29, 1.82) is 0 Å². The third-order valence-corrected chi connectivity index (χ3v) is 2.75. The van der Waals surface area contributed by atoms with Gasteiger partial charge in [-0.1, -0.05) is 18.2 Å². The number of methoxy groups -OCH3 is 2. The van der Waals surface area contributed by atoms with Crippen LogP contribution in [0.3, 0.4) is 0 Å². The van der Waals surface area contributed by atoms with Gasteiger partial charge < -0.3 is 9.47 Å². The second-order valence-corrected chi connectivity index (χ2v) is 3.77. The number of benzene rings is 1. The molecule has 0 aliphatic heterocycles. The van der Waals surface area contributed by atoms with Crippen molar-refractivity contribution in [1.82, 2.24) is 4.98 Å². The maximum absolute atomic E-state index is 5.38. The minimum absolute atomic E-state index is 0.551. The fraction of sp³-hybridized carbons (Fsp3) is 0.286. The average molecular weight is 245 g/mol. The van der Waals surface area contributed by atoms with Crippen LogP contribution in [0.2, 0.25) is 0 Å². The lowest BCUT2D eigenvalue weighted by Crippen LogP contribution is -2.38. The van der Waals surface area contributed by atoms with Crippen molar-refractivity contribution in [2.75, 3.05) is 14.2 Å². The van der Waals surface area contributed by atoms with E-state index in [1.165, 1.54) is 0 Å². The molecule has 18 heavy (non-hydrogen) atoms. The van der Waals surface area contributed by atoms with E-state index < -0.39 is 0 Å². The van der Waals surface area contributed by atoms with Crippen LogP contribution in [0.4, 0.5) is 0 Å². The van der Waals surface area contributed by atoms with Gasteiger partial charge >= 0.3 is 11.7 Å². The average Bonchev–Trinajstić information content (AvgIpc) is 2.46. The van der Waals surface area contributed by atoms with E-state index in [2.05, 4.69) is 11.9 Å². The molecule has 0 spiro atoms. The second kappa shape index (κ2) is 5.49. The zero-order valence-electron chi connectivity index (χ0n) is 10.9. The standard InChI is InChI=1S/C14H17N2O2/c1-4-16-13(18-3)10-12(17-2)15-14(16)11-8-6-5-7-9-11/h5-10H,4H2,1-3H3/q+1. The van der Waals surface area contributed by atoms with Crippen LogP contribution in [0.1, 0.15) is 6.92 Å². The Hall–Kier alpha value is -2.10. The Balaban J connectivity index is 2.64. The molecule has 0 bridgehead atoms. The Bertz CT molecular complexity index is 527. The SMILES string of the molecule is CC[n+]1c(OC)cc(OC)nc1-c1ccccc1. The molecule has 1 aromatic heterocycles. The van der Waals surface area contributed by atoms with Gasteiger partial charge in [0.1, 0.15) is 6.07 Å². The largest absolute Gasteiger partial charge is 0.465 e. The molecule has 0 atom stereocenters. The van der Waals surface area contributed by atoms with Crippen LogP contribution in [0.25, 0.3) is 11.4 Å². The molecule has 0 aliphatic carbocycles. The van der Waals surface area contributed by atoms with E-state index in [1.54, 1.807) is 20.3 Å². The van der Waals surface area contributed by atoms with Crippen LogP contribution in [-0.4, -0.2) is 19.2 Å². The Labute approximate surface area is 107 Å². The molecule has 4 nitrogen and oxygen atoms in total. The summed E-state index contributed by atoms with van der Waals surface area (Å²) in [6.07, 6.45) is 0. The summed E-state index contributed by atoms with van der Waals surface area (Å²) in [5.74, 6) is 2.13. The lowest BCUT2D eigenvalue weighted by Gasteiger charge is -2.07. The molecular weight excluding hydrogens is 228 g/mol. The molecule has 0 saturated heterocycles. The van der Waals surface area contributed by atoms with Gasteiger partial charge in [0.2, 0.25) is 0 Å². The predicted octanol–water partition coefficient (Wildman–Crippen LogP) is 2.07. The Kier molecular flexibility index (Phi) is 3.77. The molecule has 0 N–H and O–H groups in total. The molecule has 4 heteroatoms. The topological polar surface area (TPSA) is 35.2 Å². The van der Waals surface area contributed by atoms with Gasteiger partial charge in [-0.05, 0) is 24.0 Å². The summed E-state index contributed by atoms with van der Waals surface area (Å²) in [5.41, 5.74) is 1.04. The number of hydrogen-bond acceptors (Lipinski definition) is 3. The predicted molar refractivity (Wildman–Crippen MR) is 68.6 cm³/mol. The van der Waals surface area contributed by atoms with Crippen molar-refractivity contribution in [3.63, 3.8) is 0 Å². The summed E-state index contributed by atoms with van der Waals surface area (Å²) in [5, 5.41) is 0. The van der Waals surface area contributed by atoms with Gasteiger partial charge in [-0.2, -0.15) is 4.57 Å². The highest BCUT2D eigenvalue weighted by Gasteiger charge is 2.22. The van der Waals surface area contributed by atoms with Crippen LogP contribution >= 0.6 is 0 Å². The fourth-order valence-electron chi connectivity index (χ4n) is 1.87. The molecule has 2 rings (SSSR count). The molecule has 1 heterocycles. The first-order valence-corrected chi connectivity index (χ1v) is 5.88. The highest BCUT2D eigenvalue weighted by atomic mass is 16.5. The van der Waals surface area contributed by atoms with Gasteiger partial charge in [0.25, 0.3) is 5.88 Å². The van der Waals surface area contributed by atoms with E-state index in [0.717, 1.165) is 23.8 Å². The van der Waals surface area contributed by atoms with Crippen molar-refractivity contribution in [2.45, 2.75) is 13.5 Å². The van der Waals surface area contributed by atoms with E-state index in [-0.39, 0.29) is 0 Å². The Morgan fingerprint density at radius 2 is 1.83 bits per heavy atom. The van der Waals surface area contributed by atoms with Crippen LogP contribution in [-0.2, 0) is 6.54 Å². The van der Waals surface area contributed by atoms with Crippen LogP contribution in [0.15, 0.2) is 36.4 Å². The van der Waals surface area contributed by atoms with Crippen molar-refractivity contribution < 1.29 is 14.0 Å². The summed E-state index contributed by atoms with van der Waals surface area (Å²) in [7, 11) is 3.25. The van der Waals surface area contributed by atoms with Crippen LogP contribution in [0.5, 0.6) is 11.8 Å². The van der Waals surface area contributed by atoms with Crippen LogP contribution < -0.4 is 14.0 Å². The number of hydrogen-bond donors (Lipinski definition) is 0. The van der Waals surface area contributed by atoms with E-state index in [1.807, 2.05) is 34.9 Å². The minimum atomic E-state index is 0.551. The van der Waals surface area contributed by atoms with Gasteiger partial charge in [0.15, 0.2) is 0 Å². The highest BCUT2D eigenvalue weighted by Crippen LogP contribution is 2.20. The summed E-state index contributed by atoms with van der Waals surface area (Å²) < 4.78 is 12.6. The lowest BCUT2D eigenvalue weighted by molar-refractivity contribution is -0.690. The summed E-state index contributed by atoms with van der Waals surface area (Å²) in [4.78, 5) is 4.50. The maximum Gasteiger partial charge on any atom is 0.337 e. The Morgan fingerprint density at radius 3 is 2.39 bits per heavy atom. The lowest BCUT2D eigenvalue weighted by atomic mass is 10.2. The van der Waals surface area contributed by atoms with E-state index in [0.29, 0.717) is 5.88 Å². The monoisotopic (exact) mass is 245 g/mol. The van der Waals surface area contributed by atoms with Gasteiger partial charge in [-0.25, -0.2) is 0 Å². The maximum atomic E-state index is 5.38. The molecule has 94 valence electrons. The molecule has 2 aromatic rings. The summed E-state index contributed by atoms with van der Waals surface area (Å²) in [6.45, 7) is 2.84. The second-order valence-electron chi connectivity index (χ2n) is 3.77. The third kappa shape index (κ3) is 2.27. The summed E-state index contributed by atoms with van der Waals surface area (Å²) >= 11 is 0. The zero-order chi connectivity index (χ0) is 13.0. The quantitative estimate of drug-likeness (QED) is 0.773. The molecular formula is C14H17N2O2+. The molecule has 1 aromatic carbocycles. The van der Waals surface area contributed by atoms with Gasteiger partial charge in [-0.3, -0.25) is 0 Å². The Morgan fingerprint density at radius 1 is 1.11 bits per heavy atom. The third-order valence-electron chi connectivity index (χ3n) is 2.75. The van der Waals surface area contributed by atoms with Crippen molar-refractivity contribution in [2.24, 2.45) is 0 Å². The zero-order valence-corrected chi connectivity index (χ0v) is 10.9. The van der Waals surface area contributed by atoms with Crippen molar-refractivity contribution in [3.05, 3.63) is 36.4 Å². The minimum Gasteiger partial charge on any atom is -0.465 e. The first-order valence-electron chi connectivity index (χ1n) is 5.88.